The number of nitrogen functional groups attached to an aromatic ring is 1. The molecule has 0 aliphatic rings. The molecule has 0 atom stereocenters. The highest BCUT2D eigenvalue weighted by Gasteiger charge is 2.19. The molecule has 0 bridgehead atoms. The number of nitrogens with one attached hydrogen (secondary N) is 1. The van der Waals surface area contributed by atoms with Gasteiger partial charge in [-0.15, -0.1) is 0 Å². The summed E-state index contributed by atoms with van der Waals surface area (Å²) in [6, 6.07) is 4.35. The maximum Gasteiger partial charge on any atom is 0.276 e. The fraction of sp³-hybridized carbons (Fsp3) is 0.231. The van der Waals surface area contributed by atoms with Gasteiger partial charge in [-0.1, -0.05) is 6.92 Å². The molecule has 5 nitrogen and oxygen atoms in total. The number of nitrogens with two attached hydrogens (primary N) is 1. The van der Waals surface area contributed by atoms with E-state index in [2.05, 4.69) is 26.3 Å². The maximum atomic E-state index is 13.4. The molecule has 0 radical (unpaired) electrons. The van der Waals surface area contributed by atoms with Gasteiger partial charge in [0.2, 0.25) is 0 Å². The summed E-state index contributed by atoms with van der Waals surface area (Å²) in [7, 11) is 1.65. The molecule has 1 amide bonds. The molecule has 20 heavy (non-hydrogen) atoms. The Bertz CT molecular complexity index is 669. The second-order valence-electron chi connectivity index (χ2n) is 4.27. The van der Waals surface area contributed by atoms with Gasteiger partial charge in [-0.3, -0.25) is 9.48 Å². The average Bonchev–Trinajstić information content (AvgIpc) is 2.68. The van der Waals surface area contributed by atoms with Crippen molar-refractivity contribution in [3.63, 3.8) is 0 Å². The van der Waals surface area contributed by atoms with E-state index in [-0.39, 0.29) is 5.69 Å². The minimum atomic E-state index is -0.449. The minimum Gasteiger partial charge on any atom is -0.395 e. The molecular weight excluding hydrogens is 327 g/mol. The van der Waals surface area contributed by atoms with E-state index < -0.39 is 11.7 Å². The fourth-order valence-corrected chi connectivity index (χ4v) is 2.14. The van der Waals surface area contributed by atoms with Crippen molar-refractivity contribution in [2.45, 2.75) is 13.3 Å². The van der Waals surface area contributed by atoms with Gasteiger partial charge in [-0.2, -0.15) is 5.10 Å². The summed E-state index contributed by atoms with van der Waals surface area (Å²) in [6.07, 6.45) is 0.639. The van der Waals surface area contributed by atoms with Crippen LogP contribution in [-0.2, 0) is 13.5 Å². The van der Waals surface area contributed by atoms with E-state index >= 15 is 0 Å². The molecule has 2 rings (SSSR count). The van der Waals surface area contributed by atoms with Crippen molar-refractivity contribution in [1.29, 1.82) is 0 Å². The van der Waals surface area contributed by atoms with Gasteiger partial charge in [0.25, 0.3) is 5.91 Å². The molecule has 1 heterocycles. The van der Waals surface area contributed by atoms with Crippen LogP contribution in [0, 0.1) is 5.82 Å². The van der Waals surface area contributed by atoms with Gasteiger partial charge in [0.05, 0.1) is 15.9 Å². The van der Waals surface area contributed by atoms with Gasteiger partial charge in [0.15, 0.2) is 0 Å². The van der Waals surface area contributed by atoms with E-state index in [4.69, 9.17) is 5.73 Å². The van der Waals surface area contributed by atoms with Crippen molar-refractivity contribution >= 4 is 33.2 Å². The summed E-state index contributed by atoms with van der Waals surface area (Å²) in [5.74, 6) is -0.867. The third-order valence-electron chi connectivity index (χ3n) is 2.89. The van der Waals surface area contributed by atoms with Crippen LogP contribution in [0.4, 0.5) is 15.8 Å². The third kappa shape index (κ3) is 2.67. The molecule has 3 N–H and O–H groups in total. The zero-order valence-corrected chi connectivity index (χ0v) is 12.7. The zero-order chi connectivity index (χ0) is 14.9. The molecule has 0 fully saturated rings. The van der Waals surface area contributed by atoms with Crippen molar-refractivity contribution in [2.24, 2.45) is 7.05 Å². The first-order chi connectivity index (χ1) is 9.43. The lowest BCUT2D eigenvalue weighted by molar-refractivity contribution is 0.101. The number of carbonyl (C=O) groups excluding carboxylic acids is 1. The molecular formula is C13H14BrFN4O. The number of hydrogen-bond acceptors (Lipinski definition) is 3. The summed E-state index contributed by atoms with van der Waals surface area (Å²) in [6.45, 7) is 1.91. The normalized spacial score (nSPS) is 10.6. The Morgan fingerprint density at radius 2 is 2.25 bits per heavy atom. The molecule has 0 unspecified atom stereocenters. The number of amides is 1. The van der Waals surface area contributed by atoms with Crippen LogP contribution in [0.25, 0.3) is 0 Å². The summed E-state index contributed by atoms with van der Waals surface area (Å²) in [5, 5.41) is 6.78. The number of anilines is 2. The molecule has 106 valence electrons. The summed E-state index contributed by atoms with van der Waals surface area (Å²) < 4.78 is 15.2. The van der Waals surface area contributed by atoms with Crippen molar-refractivity contribution in [3.8, 4) is 0 Å². The fourth-order valence-electron chi connectivity index (χ4n) is 1.89. The van der Waals surface area contributed by atoms with Gasteiger partial charge in [-0.05, 0) is 40.5 Å². The highest BCUT2D eigenvalue weighted by molar-refractivity contribution is 9.10. The van der Waals surface area contributed by atoms with Crippen molar-refractivity contribution < 1.29 is 9.18 Å². The molecule has 0 spiro atoms. The Hall–Kier alpha value is -1.89. The van der Waals surface area contributed by atoms with Crippen LogP contribution >= 0.6 is 15.9 Å². The summed E-state index contributed by atoms with van der Waals surface area (Å²) in [4.78, 5) is 12.2. The van der Waals surface area contributed by atoms with E-state index in [1.165, 1.54) is 16.8 Å². The number of halogens is 2. The van der Waals surface area contributed by atoms with Crippen LogP contribution in [-0.4, -0.2) is 15.7 Å². The molecule has 7 heteroatoms. The number of aryl methyl sites for hydroxylation is 2. The number of nitrogens with zero attached hydrogens (tertiary/aromatic N) is 2. The van der Waals surface area contributed by atoms with Gasteiger partial charge >= 0.3 is 0 Å². The Balaban J connectivity index is 2.28. The summed E-state index contributed by atoms with van der Waals surface area (Å²) >= 11 is 3.05. The molecule has 0 aliphatic heterocycles. The van der Waals surface area contributed by atoms with Crippen LogP contribution in [0.5, 0.6) is 0 Å². The summed E-state index contributed by atoms with van der Waals surface area (Å²) in [5.41, 5.74) is 7.54. The zero-order valence-electron chi connectivity index (χ0n) is 11.1. The highest BCUT2D eigenvalue weighted by atomic mass is 79.9. The number of carbonyl (C=O) groups is 1. The molecule has 0 aliphatic carbocycles. The van der Waals surface area contributed by atoms with Crippen LogP contribution in [0.1, 0.15) is 23.1 Å². The number of hydrogen-bond donors (Lipinski definition) is 2. The van der Waals surface area contributed by atoms with Crippen LogP contribution in [0.3, 0.4) is 0 Å². The van der Waals surface area contributed by atoms with E-state index in [0.717, 1.165) is 0 Å². The topological polar surface area (TPSA) is 72.9 Å². The van der Waals surface area contributed by atoms with Gasteiger partial charge in [0, 0.05) is 12.7 Å². The monoisotopic (exact) mass is 340 g/mol. The average molecular weight is 341 g/mol. The molecule has 1 aromatic heterocycles. The Morgan fingerprint density at radius 3 is 2.80 bits per heavy atom. The predicted octanol–water partition coefficient (Wildman–Crippen LogP) is 2.72. The number of benzene rings is 1. The van der Waals surface area contributed by atoms with Crippen molar-refractivity contribution in [3.05, 3.63) is 39.9 Å². The van der Waals surface area contributed by atoms with E-state index in [9.17, 15) is 9.18 Å². The van der Waals surface area contributed by atoms with Gasteiger partial charge in [-0.25, -0.2) is 4.39 Å². The molecule has 1 aromatic carbocycles. The quantitative estimate of drug-likeness (QED) is 0.902. The largest absolute Gasteiger partial charge is 0.395 e. The van der Waals surface area contributed by atoms with Gasteiger partial charge < -0.3 is 11.1 Å². The minimum absolute atomic E-state index is 0.269. The lowest BCUT2D eigenvalue weighted by atomic mass is 10.2. The number of aromatic nitrogens is 2. The van der Waals surface area contributed by atoms with Crippen molar-refractivity contribution in [1.82, 2.24) is 9.78 Å². The maximum absolute atomic E-state index is 13.4. The second kappa shape index (κ2) is 5.62. The van der Waals surface area contributed by atoms with E-state index in [1.54, 1.807) is 13.1 Å². The first-order valence-corrected chi connectivity index (χ1v) is 6.81. The van der Waals surface area contributed by atoms with Crippen molar-refractivity contribution in [2.75, 3.05) is 11.1 Å². The first kappa shape index (κ1) is 14.5. The Labute approximate surface area is 124 Å². The molecule has 0 saturated carbocycles. The van der Waals surface area contributed by atoms with Gasteiger partial charge in [0.1, 0.15) is 11.5 Å². The lowest BCUT2D eigenvalue weighted by Gasteiger charge is -2.07. The standard InChI is InChI=1S/C13H14BrFN4O/c1-3-10-11(16)12(19(2)18-10)13(20)17-7-4-5-8(14)9(15)6-7/h4-6H,3,16H2,1-2H3,(H,17,20). The van der Waals surface area contributed by atoms with E-state index in [0.29, 0.717) is 28.0 Å². The van der Waals surface area contributed by atoms with Crippen LogP contribution in [0.15, 0.2) is 22.7 Å². The van der Waals surface area contributed by atoms with E-state index in [1.807, 2.05) is 6.92 Å². The van der Waals surface area contributed by atoms with Crippen LogP contribution < -0.4 is 11.1 Å². The predicted molar refractivity (Wildman–Crippen MR) is 79.1 cm³/mol. The Morgan fingerprint density at radius 1 is 1.55 bits per heavy atom. The van der Waals surface area contributed by atoms with Crippen LogP contribution in [0.2, 0.25) is 0 Å². The lowest BCUT2D eigenvalue weighted by Crippen LogP contribution is -2.17. The SMILES string of the molecule is CCc1nn(C)c(C(=O)Nc2ccc(Br)c(F)c2)c1N. The highest BCUT2D eigenvalue weighted by Crippen LogP contribution is 2.22. The first-order valence-electron chi connectivity index (χ1n) is 6.01. The number of rotatable bonds is 3. The third-order valence-corrected chi connectivity index (χ3v) is 3.53. The molecule has 0 saturated heterocycles. The smallest absolute Gasteiger partial charge is 0.276 e. The molecule has 2 aromatic rings. The Kier molecular flexibility index (Phi) is 4.08. The second-order valence-corrected chi connectivity index (χ2v) is 5.12.